The molecule has 0 aromatic rings. The Hall–Kier alpha value is -0.670. The maximum atomic E-state index is 12.5. The molecule has 1 fully saturated rings. The summed E-state index contributed by atoms with van der Waals surface area (Å²) in [7, 11) is 0. The lowest BCUT2D eigenvalue weighted by Gasteiger charge is -2.43. The Morgan fingerprint density at radius 3 is 2.39 bits per heavy atom. The molecular weight excluding hydrogens is 228 g/mol. The van der Waals surface area contributed by atoms with Crippen molar-refractivity contribution in [1.29, 1.82) is 0 Å². The minimum atomic E-state index is -0.859. The van der Waals surface area contributed by atoms with Crippen LogP contribution in [-0.2, 0) is 4.79 Å². The highest BCUT2D eigenvalue weighted by atomic mass is 16.3. The molecule has 2 N–H and O–H groups in total. The van der Waals surface area contributed by atoms with Gasteiger partial charge in [-0.25, -0.2) is 0 Å². The zero-order valence-corrected chi connectivity index (χ0v) is 11.4. The van der Waals surface area contributed by atoms with E-state index in [1.165, 1.54) is 0 Å². The molecule has 3 aliphatic rings. The van der Waals surface area contributed by atoms with Gasteiger partial charge in [-0.05, 0) is 49.2 Å². The van der Waals surface area contributed by atoms with Crippen LogP contribution in [0.4, 0.5) is 0 Å². The average Bonchev–Trinajstić information content (AvgIpc) is 3.05. The van der Waals surface area contributed by atoms with E-state index < -0.39 is 5.60 Å². The van der Waals surface area contributed by atoms with Gasteiger partial charge in [-0.2, -0.15) is 0 Å². The molecule has 3 rings (SSSR count). The summed E-state index contributed by atoms with van der Waals surface area (Å²) >= 11 is 0. The van der Waals surface area contributed by atoms with Crippen LogP contribution in [0.15, 0.2) is 11.1 Å². The first-order valence-corrected chi connectivity index (χ1v) is 6.87. The van der Waals surface area contributed by atoms with Gasteiger partial charge in [0, 0.05) is 17.9 Å². The Balaban J connectivity index is 2.09. The summed E-state index contributed by atoms with van der Waals surface area (Å²) in [6.45, 7) is 5.91. The van der Waals surface area contributed by atoms with Gasteiger partial charge in [0.25, 0.3) is 0 Å². The zero-order chi connectivity index (χ0) is 13.3. The Bertz CT molecular complexity index is 456. The van der Waals surface area contributed by atoms with Crippen molar-refractivity contribution in [2.45, 2.75) is 52.1 Å². The third kappa shape index (κ3) is 1.24. The van der Waals surface area contributed by atoms with Crippen LogP contribution in [-0.4, -0.2) is 28.2 Å². The van der Waals surface area contributed by atoms with E-state index in [4.69, 9.17) is 0 Å². The SMILES string of the molecule is CC1C(=O)C2=C(CC(C)(CO)C2)C(C)(O)C12CC2. The van der Waals surface area contributed by atoms with Crippen LogP contribution in [0.2, 0.25) is 0 Å². The first-order valence-electron chi connectivity index (χ1n) is 6.87. The van der Waals surface area contributed by atoms with Gasteiger partial charge in [-0.15, -0.1) is 0 Å². The summed E-state index contributed by atoms with van der Waals surface area (Å²) in [5, 5.41) is 20.5. The summed E-state index contributed by atoms with van der Waals surface area (Å²) in [5.74, 6) is 0.137. The monoisotopic (exact) mass is 250 g/mol. The molecular formula is C15H22O3. The van der Waals surface area contributed by atoms with Gasteiger partial charge >= 0.3 is 0 Å². The number of hydrogen-bond donors (Lipinski definition) is 2. The molecule has 0 bridgehead atoms. The van der Waals surface area contributed by atoms with Gasteiger partial charge < -0.3 is 10.2 Å². The lowest BCUT2D eigenvalue weighted by molar-refractivity contribution is -0.127. The molecule has 0 aliphatic heterocycles. The number of aliphatic hydroxyl groups is 2. The van der Waals surface area contributed by atoms with Gasteiger partial charge in [-0.1, -0.05) is 13.8 Å². The fraction of sp³-hybridized carbons (Fsp3) is 0.800. The van der Waals surface area contributed by atoms with Gasteiger partial charge in [0.2, 0.25) is 0 Å². The fourth-order valence-corrected chi connectivity index (χ4v) is 4.23. The zero-order valence-electron chi connectivity index (χ0n) is 11.4. The molecule has 100 valence electrons. The van der Waals surface area contributed by atoms with Crippen LogP contribution in [0.5, 0.6) is 0 Å². The number of allylic oxidation sites excluding steroid dienone is 1. The molecule has 1 saturated carbocycles. The van der Waals surface area contributed by atoms with Crippen LogP contribution >= 0.6 is 0 Å². The molecule has 0 heterocycles. The summed E-state index contributed by atoms with van der Waals surface area (Å²) in [6, 6.07) is 0. The quantitative estimate of drug-likeness (QED) is 0.746. The lowest BCUT2D eigenvalue weighted by Crippen LogP contribution is -2.48. The average molecular weight is 250 g/mol. The highest BCUT2D eigenvalue weighted by Crippen LogP contribution is 2.67. The number of carbonyl (C=O) groups excluding carboxylic acids is 1. The Morgan fingerprint density at radius 1 is 1.28 bits per heavy atom. The maximum absolute atomic E-state index is 12.5. The second-order valence-corrected chi connectivity index (χ2v) is 7.09. The van der Waals surface area contributed by atoms with E-state index >= 15 is 0 Å². The number of ketones is 1. The molecule has 0 aromatic heterocycles. The third-order valence-corrected chi connectivity index (χ3v) is 5.82. The molecule has 1 spiro atoms. The van der Waals surface area contributed by atoms with Gasteiger partial charge in [0.15, 0.2) is 5.78 Å². The number of Topliss-reactive ketones (excluding diaryl/α,β-unsaturated/α-hetero) is 1. The summed E-state index contributed by atoms with van der Waals surface area (Å²) < 4.78 is 0. The van der Waals surface area contributed by atoms with Crippen LogP contribution in [0.1, 0.15) is 46.5 Å². The number of rotatable bonds is 1. The van der Waals surface area contributed by atoms with Gasteiger partial charge in [-0.3, -0.25) is 4.79 Å². The maximum Gasteiger partial charge on any atom is 0.162 e. The van der Waals surface area contributed by atoms with Crippen molar-refractivity contribution in [3.63, 3.8) is 0 Å². The summed E-state index contributed by atoms with van der Waals surface area (Å²) in [4.78, 5) is 12.5. The van der Waals surface area contributed by atoms with Crippen molar-refractivity contribution in [1.82, 2.24) is 0 Å². The van der Waals surface area contributed by atoms with E-state index in [0.717, 1.165) is 24.0 Å². The normalized spacial score (nSPS) is 45.6. The van der Waals surface area contributed by atoms with Crippen molar-refractivity contribution in [2.75, 3.05) is 6.61 Å². The van der Waals surface area contributed by atoms with Crippen molar-refractivity contribution < 1.29 is 15.0 Å². The van der Waals surface area contributed by atoms with E-state index in [9.17, 15) is 15.0 Å². The van der Waals surface area contributed by atoms with E-state index in [2.05, 4.69) is 0 Å². The van der Waals surface area contributed by atoms with Crippen molar-refractivity contribution in [2.24, 2.45) is 16.7 Å². The van der Waals surface area contributed by atoms with Gasteiger partial charge in [0.05, 0.1) is 5.60 Å². The van der Waals surface area contributed by atoms with E-state index in [0.29, 0.717) is 12.8 Å². The second-order valence-electron chi connectivity index (χ2n) is 7.09. The Kier molecular flexibility index (Phi) is 2.24. The Labute approximate surface area is 108 Å². The predicted octanol–water partition coefficient (Wildman–Crippen LogP) is 1.83. The molecule has 18 heavy (non-hydrogen) atoms. The van der Waals surface area contributed by atoms with Crippen LogP contribution in [0.25, 0.3) is 0 Å². The minimum Gasteiger partial charge on any atom is -0.396 e. The minimum absolute atomic E-state index is 0.0741. The first-order chi connectivity index (χ1) is 8.27. The standard InChI is InChI=1S/C15H22O3/c1-9-12(17)10-6-13(2,8-16)7-11(10)14(3,18)15(9)4-5-15/h9,16,18H,4-8H2,1-3H3. The van der Waals surface area contributed by atoms with E-state index in [-0.39, 0.29) is 29.1 Å². The van der Waals surface area contributed by atoms with Crippen LogP contribution in [0.3, 0.4) is 0 Å². The predicted molar refractivity (Wildman–Crippen MR) is 67.9 cm³/mol. The molecule has 3 aliphatic carbocycles. The third-order valence-electron chi connectivity index (χ3n) is 5.82. The molecule has 3 unspecified atom stereocenters. The molecule has 3 atom stereocenters. The van der Waals surface area contributed by atoms with Gasteiger partial charge in [0.1, 0.15) is 0 Å². The highest BCUT2D eigenvalue weighted by Gasteiger charge is 2.67. The highest BCUT2D eigenvalue weighted by molar-refractivity contribution is 6.01. The van der Waals surface area contributed by atoms with E-state index in [1.807, 2.05) is 20.8 Å². The first kappa shape index (κ1) is 12.4. The van der Waals surface area contributed by atoms with E-state index in [1.54, 1.807) is 0 Å². The number of aliphatic hydroxyl groups excluding tert-OH is 1. The van der Waals surface area contributed by atoms with Crippen LogP contribution < -0.4 is 0 Å². The molecule has 0 aromatic carbocycles. The van der Waals surface area contributed by atoms with Crippen LogP contribution in [0, 0.1) is 16.7 Å². The van der Waals surface area contributed by atoms with Crippen molar-refractivity contribution in [3.8, 4) is 0 Å². The number of hydrogen-bond acceptors (Lipinski definition) is 3. The number of carbonyl (C=O) groups is 1. The summed E-state index contributed by atoms with van der Waals surface area (Å²) in [5.41, 5.74) is 0.387. The largest absolute Gasteiger partial charge is 0.396 e. The lowest BCUT2D eigenvalue weighted by atomic mass is 9.64. The second kappa shape index (κ2) is 3.26. The Morgan fingerprint density at radius 2 is 1.89 bits per heavy atom. The summed E-state index contributed by atoms with van der Waals surface area (Å²) in [6.07, 6.45) is 3.17. The fourth-order valence-electron chi connectivity index (χ4n) is 4.23. The molecule has 0 saturated heterocycles. The topological polar surface area (TPSA) is 57.5 Å². The van der Waals surface area contributed by atoms with Crippen molar-refractivity contribution >= 4 is 5.78 Å². The molecule has 3 heteroatoms. The molecule has 3 nitrogen and oxygen atoms in total. The molecule has 0 radical (unpaired) electrons. The van der Waals surface area contributed by atoms with Crippen molar-refractivity contribution in [3.05, 3.63) is 11.1 Å². The smallest absolute Gasteiger partial charge is 0.162 e. The molecule has 0 amide bonds.